The molecule has 0 spiro atoms. The molecule has 0 saturated heterocycles. The van der Waals surface area contributed by atoms with E-state index in [4.69, 9.17) is 0 Å². The van der Waals surface area contributed by atoms with Crippen molar-refractivity contribution in [1.82, 2.24) is 8.96 Å². The number of aromatic nitrogens is 2. The van der Waals surface area contributed by atoms with Crippen molar-refractivity contribution >= 4 is 32.4 Å². The number of alkyl halides is 3. The summed E-state index contributed by atoms with van der Waals surface area (Å²) >= 11 is 1.44. The zero-order valence-electron chi connectivity index (χ0n) is 17.7. The van der Waals surface area contributed by atoms with Crippen molar-refractivity contribution in [2.75, 3.05) is 0 Å². The third-order valence-electron chi connectivity index (χ3n) is 5.59. The summed E-state index contributed by atoms with van der Waals surface area (Å²) in [6, 6.07) is 15.0. The number of pyridine rings is 1. The van der Waals surface area contributed by atoms with Gasteiger partial charge in [0.1, 0.15) is 0 Å². The lowest BCUT2D eigenvalue weighted by atomic mass is 9.96. The highest BCUT2D eigenvalue weighted by molar-refractivity contribution is 7.90. The van der Waals surface area contributed by atoms with E-state index >= 15 is 0 Å². The maximum Gasteiger partial charge on any atom is 0.417 e. The van der Waals surface area contributed by atoms with Crippen molar-refractivity contribution in [1.29, 1.82) is 0 Å². The van der Waals surface area contributed by atoms with Gasteiger partial charge >= 0.3 is 6.18 Å². The summed E-state index contributed by atoms with van der Waals surface area (Å²) < 4.78 is 69.9. The van der Waals surface area contributed by atoms with Crippen molar-refractivity contribution in [2.24, 2.45) is 0 Å². The molecule has 172 valence electrons. The number of hydrogen-bond donors (Lipinski definition) is 0. The Labute approximate surface area is 198 Å². The maximum atomic E-state index is 13.9. The Kier molecular flexibility index (Phi) is 5.33. The van der Waals surface area contributed by atoms with Gasteiger partial charge in [0.25, 0.3) is 10.0 Å². The fourth-order valence-corrected chi connectivity index (χ4v) is 5.93. The third-order valence-corrected chi connectivity index (χ3v) is 7.94. The molecular weight excluding hydrogens is 481 g/mol. The third kappa shape index (κ3) is 3.70. The molecule has 0 aliphatic carbocycles. The van der Waals surface area contributed by atoms with Crippen LogP contribution in [0, 0.1) is 6.92 Å². The van der Waals surface area contributed by atoms with Crippen LogP contribution in [0.2, 0.25) is 0 Å². The number of aryl methyl sites for hydroxylation is 1. The molecule has 0 bridgehead atoms. The highest BCUT2D eigenvalue weighted by atomic mass is 32.2. The Bertz CT molecular complexity index is 1600. The Hall–Kier alpha value is -3.43. The number of fused-ring (bicyclic) bond motifs is 1. The lowest BCUT2D eigenvalue weighted by Gasteiger charge is -2.12. The number of benzene rings is 2. The number of rotatable bonds is 4. The van der Waals surface area contributed by atoms with Gasteiger partial charge in [-0.3, -0.25) is 0 Å². The van der Waals surface area contributed by atoms with Crippen LogP contribution in [0.5, 0.6) is 0 Å². The molecule has 0 atom stereocenters. The minimum Gasteiger partial charge on any atom is -0.237 e. The zero-order chi connectivity index (χ0) is 24.1. The molecule has 3 heterocycles. The minimum atomic E-state index is -4.62. The Morgan fingerprint density at radius 3 is 2.32 bits per heavy atom. The predicted molar refractivity (Wildman–Crippen MR) is 127 cm³/mol. The van der Waals surface area contributed by atoms with Gasteiger partial charge in [-0.2, -0.15) is 24.5 Å². The van der Waals surface area contributed by atoms with Crippen LogP contribution in [0.3, 0.4) is 0 Å². The van der Waals surface area contributed by atoms with Gasteiger partial charge in [-0.1, -0.05) is 35.9 Å². The second-order valence-electron chi connectivity index (χ2n) is 7.77. The van der Waals surface area contributed by atoms with E-state index in [-0.39, 0.29) is 21.7 Å². The standard InChI is InChI=1S/C25H17F3N2O2S2/c1-16-6-8-18(9-7-16)34(31,32)30-14-21(20-4-2-3-5-22(20)25(26,27)28)23-19(10-12-29-24(23)30)17-11-13-33-15-17/h2-15H,1H3. The van der Waals surface area contributed by atoms with E-state index in [1.165, 1.54) is 54.1 Å². The molecule has 0 unspecified atom stereocenters. The molecule has 0 amide bonds. The molecule has 3 aromatic heterocycles. The van der Waals surface area contributed by atoms with Crippen LogP contribution in [0.25, 0.3) is 33.3 Å². The molecule has 0 saturated carbocycles. The van der Waals surface area contributed by atoms with Crippen LogP contribution >= 0.6 is 11.3 Å². The number of thiophene rings is 1. The Balaban J connectivity index is 1.88. The lowest BCUT2D eigenvalue weighted by molar-refractivity contribution is -0.137. The number of hydrogen-bond acceptors (Lipinski definition) is 4. The molecule has 0 aliphatic heterocycles. The summed E-state index contributed by atoms with van der Waals surface area (Å²) in [6.45, 7) is 1.84. The largest absolute Gasteiger partial charge is 0.417 e. The van der Waals surface area contributed by atoms with E-state index in [0.29, 0.717) is 10.9 Å². The zero-order valence-corrected chi connectivity index (χ0v) is 19.4. The van der Waals surface area contributed by atoms with Crippen LogP contribution < -0.4 is 0 Å². The molecule has 9 heteroatoms. The second kappa shape index (κ2) is 8.11. The van der Waals surface area contributed by atoms with Gasteiger partial charge in [0, 0.05) is 23.3 Å². The SMILES string of the molecule is Cc1ccc(S(=O)(=O)n2cc(-c3ccccc3C(F)(F)F)c3c(-c4ccsc4)ccnc32)cc1. The van der Waals surface area contributed by atoms with Gasteiger partial charge in [0.05, 0.1) is 10.5 Å². The van der Waals surface area contributed by atoms with E-state index in [9.17, 15) is 21.6 Å². The maximum absolute atomic E-state index is 13.9. The van der Waals surface area contributed by atoms with Gasteiger partial charge < -0.3 is 0 Å². The summed E-state index contributed by atoms with van der Waals surface area (Å²) in [5.74, 6) is 0. The topological polar surface area (TPSA) is 52.0 Å². The van der Waals surface area contributed by atoms with Crippen molar-refractivity contribution in [3.8, 4) is 22.3 Å². The van der Waals surface area contributed by atoms with Crippen molar-refractivity contribution in [2.45, 2.75) is 18.0 Å². The fraction of sp³-hybridized carbons (Fsp3) is 0.0800. The van der Waals surface area contributed by atoms with E-state index in [2.05, 4.69) is 4.98 Å². The van der Waals surface area contributed by atoms with E-state index in [1.54, 1.807) is 18.2 Å². The molecule has 5 aromatic rings. The van der Waals surface area contributed by atoms with Crippen LogP contribution in [-0.2, 0) is 16.2 Å². The molecule has 0 aliphatic rings. The first-order valence-corrected chi connectivity index (χ1v) is 12.6. The van der Waals surface area contributed by atoms with Gasteiger partial charge in [-0.05, 0) is 64.7 Å². The lowest BCUT2D eigenvalue weighted by Crippen LogP contribution is -2.12. The van der Waals surface area contributed by atoms with E-state index in [1.807, 2.05) is 23.8 Å². The molecule has 5 rings (SSSR count). The van der Waals surface area contributed by atoms with Crippen molar-refractivity contribution in [3.05, 3.63) is 94.9 Å². The minimum absolute atomic E-state index is 0.0217. The second-order valence-corrected chi connectivity index (χ2v) is 10.4. The molecule has 0 N–H and O–H groups in total. The number of nitrogens with zero attached hydrogens (tertiary/aromatic N) is 2. The number of halogens is 3. The van der Waals surface area contributed by atoms with Crippen LogP contribution in [0.4, 0.5) is 13.2 Å². The van der Waals surface area contributed by atoms with Crippen molar-refractivity contribution < 1.29 is 21.6 Å². The van der Waals surface area contributed by atoms with Gasteiger partial charge in [0.15, 0.2) is 5.65 Å². The smallest absolute Gasteiger partial charge is 0.237 e. The monoisotopic (exact) mass is 498 g/mol. The Morgan fingerprint density at radius 1 is 0.912 bits per heavy atom. The fourth-order valence-electron chi connectivity index (χ4n) is 3.96. The summed E-state index contributed by atoms with van der Waals surface area (Å²) in [5.41, 5.74) is 1.52. The molecule has 0 radical (unpaired) electrons. The molecule has 0 fully saturated rings. The first-order valence-electron chi connectivity index (χ1n) is 10.2. The normalized spacial score (nSPS) is 12.4. The van der Waals surface area contributed by atoms with E-state index < -0.39 is 21.8 Å². The Morgan fingerprint density at radius 2 is 1.65 bits per heavy atom. The predicted octanol–water partition coefficient (Wildman–Crippen LogP) is 7.00. The average Bonchev–Trinajstić information content (AvgIpc) is 3.47. The van der Waals surface area contributed by atoms with Crippen molar-refractivity contribution in [3.63, 3.8) is 0 Å². The summed E-state index contributed by atoms with van der Waals surface area (Å²) in [4.78, 5) is 4.33. The van der Waals surface area contributed by atoms with Crippen LogP contribution in [0.15, 0.2) is 88.7 Å². The summed E-state index contributed by atoms with van der Waals surface area (Å²) in [6.07, 6.45) is -1.91. The van der Waals surface area contributed by atoms with Crippen LogP contribution in [0.1, 0.15) is 11.1 Å². The average molecular weight is 499 g/mol. The van der Waals surface area contributed by atoms with Gasteiger partial charge in [0.2, 0.25) is 0 Å². The van der Waals surface area contributed by atoms with Crippen LogP contribution in [-0.4, -0.2) is 17.4 Å². The van der Waals surface area contributed by atoms with Gasteiger partial charge in [-0.15, -0.1) is 0 Å². The highest BCUT2D eigenvalue weighted by Gasteiger charge is 2.35. The molecule has 34 heavy (non-hydrogen) atoms. The molecular formula is C25H17F3N2O2S2. The quantitative estimate of drug-likeness (QED) is 0.268. The molecule has 4 nitrogen and oxygen atoms in total. The molecule has 2 aromatic carbocycles. The summed E-state index contributed by atoms with van der Waals surface area (Å²) in [5, 5.41) is 4.05. The first kappa shape index (κ1) is 22.4. The first-order chi connectivity index (χ1) is 16.2. The summed E-state index contributed by atoms with van der Waals surface area (Å²) in [7, 11) is -4.13. The highest BCUT2D eigenvalue weighted by Crippen LogP contribution is 2.43. The van der Waals surface area contributed by atoms with E-state index in [0.717, 1.165) is 21.2 Å². The van der Waals surface area contributed by atoms with Gasteiger partial charge in [-0.25, -0.2) is 17.4 Å².